The van der Waals surface area contributed by atoms with E-state index in [4.69, 9.17) is 5.11 Å². The lowest BCUT2D eigenvalue weighted by molar-refractivity contribution is -0.137. The van der Waals surface area contributed by atoms with Crippen LogP contribution in [0.25, 0.3) is 0 Å². The van der Waals surface area contributed by atoms with Crippen LogP contribution in [0.15, 0.2) is 0 Å². The van der Waals surface area contributed by atoms with Crippen molar-refractivity contribution in [3.63, 3.8) is 0 Å². The van der Waals surface area contributed by atoms with Crippen molar-refractivity contribution in [1.82, 2.24) is 0 Å². The van der Waals surface area contributed by atoms with E-state index in [0.29, 0.717) is 6.42 Å². The number of halogens is 1. The van der Waals surface area contributed by atoms with Crippen LogP contribution < -0.4 is 0 Å². The lowest BCUT2D eigenvalue weighted by Gasteiger charge is -2.04. The Bertz CT molecular complexity index is 294. The summed E-state index contributed by atoms with van der Waals surface area (Å²) in [5.74, 6) is -0.650. The van der Waals surface area contributed by atoms with Gasteiger partial charge in [0.05, 0.1) is 0 Å². The normalized spacial score (nSPS) is 11.1. The first kappa shape index (κ1) is 27.2. The summed E-state index contributed by atoms with van der Waals surface area (Å²) in [6, 6.07) is 0. The molecule has 162 valence electrons. The highest BCUT2D eigenvalue weighted by atomic mass is 127. The van der Waals surface area contributed by atoms with E-state index < -0.39 is 5.97 Å². The Morgan fingerprint density at radius 2 is 0.667 bits per heavy atom. The number of unbranched alkanes of at least 4 members (excludes halogenated alkanes) is 20. The fourth-order valence-corrected chi connectivity index (χ4v) is 4.27. The fourth-order valence-electron chi connectivity index (χ4n) is 3.73. The molecule has 27 heavy (non-hydrogen) atoms. The summed E-state index contributed by atoms with van der Waals surface area (Å²) < 4.78 is 1.33. The van der Waals surface area contributed by atoms with Gasteiger partial charge in [-0.1, -0.05) is 145 Å². The molecule has 0 rings (SSSR count). The van der Waals surface area contributed by atoms with Gasteiger partial charge in [-0.15, -0.1) is 0 Å². The minimum Gasteiger partial charge on any atom is -0.481 e. The Balaban J connectivity index is 2.98. The summed E-state index contributed by atoms with van der Waals surface area (Å²) >= 11 is 2.48. The summed E-state index contributed by atoms with van der Waals surface area (Å²) in [7, 11) is 0. The van der Waals surface area contributed by atoms with Crippen LogP contribution in [0.5, 0.6) is 0 Å². The van der Waals surface area contributed by atoms with Crippen LogP contribution in [-0.4, -0.2) is 15.5 Å². The number of hydrogen-bond acceptors (Lipinski definition) is 1. The molecule has 2 nitrogen and oxygen atoms in total. The standard InChI is InChI=1S/C24H47IO2/c25-23-21-19-17-15-13-11-9-7-5-3-1-2-4-6-8-10-12-14-16-18-20-22-24(26)27/h1-23H2,(H,26,27). The van der Waals surface area contributed by atoms with E-state index in [1.54, 1.807) is 0 Å². The molecule has 0 spiro atoms. The van der Waals surface area contributed by atoms with E-state index in [-0.39, 0.29) is 0 Å². The van der Waals surface area contributed by atoms with Crippen LogP contribution >= 0.6 is 22.6 Å². The summed E-state index contributed by atoms with van der Waals surface area (Å²) in [5, 5.41) is 8.58. The molecule has 0 bridgehead atoms. The second kappa shape index (κ2) is 24.2. The minimum atomic E-state index is -0.650. The van der Waals surface area contributed by atoms with Gasteiger partial charge in [-0.05, 0) is 17.3 Å². The number of carboxylic acids is 1. The maximum atomic E-state index is 10.4. The van der Waals surface area contributed by atoms with E-state index in [0.717, 1.165) is 12.8 Å². The molecule has 0 amide bonds. The predicted octanol–water partition coefficient (Wildman–Crippen LogP) is 9.09. The van der Waals surface area contributed by atoms with Crippen molar-refractivity contribution in [3.05, 3.63) is 0 Å². The highest BCUT2D eigenvalue weighted by Crippen LogP contribution is 2.15. The van der Waals surface area contributed by atoms with Gasteiger partial charge in [0.15, 0.2) is 0 Å². The summed E-state index contributed by atoms with van der Waals surface area (Å²) in [6.45, 7) is 0. The quantitative estimate of drug-likeness (QED) is 0.0874. The van der Waals surface area contributed by atoms with Gasteiger partial charge in [0.1, 0.15) is 0 Å². The molecule has 0 aromatic heterocycles. The zero-order valence-corrected chi connectivity index (χ0v) is 20.2. The first-order chi connectivity index (χ1) is 13.3. The van der Waals surface area contributed by atoms with Gasteiger partial charge < -0.3 is 5.11 Å². The Morgan fingerprint density at radius 3 is 0.889 bits per heavy atom. The van der Waals surface area contributed by atoms with Gasteiger partial charge >= 0.3 is 5.97 Å². The SMILES string of the molecule is O=C(O)CCCCCCCCCCCCCCCCCCCCCCCI. The Kier molecular flexibility index (Phi) is 24.4. The van der Waals surface area contributed by atoms with Crippen LogP contribution in [0.3, 0.4) is 0 Å². The molecule has 0 aliphatic heterocycles. The summed E-state index contributed by atoms with van der Waals surface area (Å²) in [5.41, 5.74) is 0. The molecule has 0 aromatic rings. The Labute approximate surface area is 183 Å². The van der Waals surface area contributed by atoms with Crippen LogP contribution in [0, 0.1) is 0 Å². The summed E-state index contributed by atoms with van der Waals surface area (Å²) in [4.78, 5) is 10.4. The molecule has 0 aromatic carbocycles. The fraction of sp³-hybridized carbons (Fsp3) is 0.958. The number of rotatable bonds is 23. The molecule has 0 saturated carbocycles. The molecular weight excluding hydrogens is 447 g/mol. The number of carboxylic acid groups (broad SMARTS) is 1. The molecule has 0 heterocycles. The van der Waals surface area contributed by atoms with Gasteiger partial charge in [-0.3, -0.25) is 4.79 Å². The average Bonchev–Trinajstić information content (AvgIpc) is 2.65. The molecule has 0 saturated heterocycles. The monoisotopic (exact) mass is 494 g/mol. The van der Waals surface area contributed by atoms with Gasteiger partial charge in [-0.25, -0.2) is 0 Å². The second-order valence-electron chi connectivity index (χ2n) is 8.26. The largest absolute Gasteiger partial charge is 0.481 e. The van der Waals surface area contributed by atoms with Crippen LogP contribution in [-0.2, 0) is 4.79 Å². The predicted molar refractivity (Wildman–Crippen MR) is 128 cm³/mol. The molecule has 0 atom stereocenters. The van der Waals surface area contributed by atoms with Crippen molar-refractivity contribution in [2.45, 2.75) is 141 Å². The molecule has 0 aliphatic carbocycles. The van der Waals surface area contributed by atoms with Crippen molar-refractivity contribution < 1.29 is 9.90 Å². The van der Waals surface area contributed by atoms with E-state index >= 15 is 0 Å². The van der Waals surface area contributed by atoms with Crippen LogP contribution in [0.4, 0.5) is 0 Å². The highest BCUT2D eigenvalue weighted by molar-refractivity contribution is 14.1. The van der Waals surface area contributed by atoms with Gasteiger partial charge in [-0.2, -0.15) is 0 Å². The topological polar surface area (TPSA) is 37.3 Å². The van der Waals surface area contributed by atoms with E-state index in [1.807, 2.05) is 0 Å². The average molecular weight is 495 g/mol. The van der Waals surface area contributed by atoms with Crippen molar-refractivity contribution in [2.24, 2.45) is 0 Å². The van der Waals surface area contributed by atoms with Gasteiger partial charge in [0.2, 0.25) is 0 Å². The molecule has 0 radical (unpaired) electrons. The molecule has 0 fully saturated rings. The zero-order chi connectivity index (χ0) is 19.8. The third-order valence-electron chi connectivity index (χ3n) is 5.52. The van der Waals surface area contributed by atoms with Gasteiger partial charge in [0, 0.05) is 6.42 Å². The number of carbonyl (C=O) groups is 1. The smallest absolute Gasteiger partial charge is 0.303 e. The minimum absolute atomic E-state index is 0.346. The lowest BCUT2D eigenvalue weighted by atomic mass is 10.0. The summed E-state index contributed by atoms with van der Waals surface area (Å²) in [6.07, 6.45) is 29.1. The molecule has 1 N–H and O–H groups in total. The lowest BCUT2D eigenvalue weighted by Crippen LogP contribution is -1.93. The van der Waals surface area contributed by atoms with E-state index in [9.17, 15) is 4.79 Å². The van der Waals surface area contributed by atoms with E-state index in [1.165, 1.54) is 126 Å². The molecule has 3 heteroatoms. The van der Waals surface area contributed by atoms with Crippen molar-refractivity contribution in [2.75, 3.05) is 4.43 Å². The van der Waals surface area contributed by atoms with E-state index in [2.05, 4.69) is 22.6 Å². The molecule has 0 aliphatic rings. The zero-order valence-electron chi connectivity index (χ0n) is 18.0. The number of hydrogen-bond donors (Lipinski definition) is 1. The maximum absolute atomic E-state index is 10.4. The third-order valence-corrected chi connectivity index (χ3v) is 6.29. The Hall–Kier alpha value is 0.200. The van der Waals surface area contributed by atoms with Crippen molar-refractivity contribution >= 4 is 28.6 Å². The number of alkyl halides is 1. The van der Waals surface area contributed by atoms with Gasteiger partial charge in [0.25, 0.3) is 0 Å². The van der Waals surface area contributed by atoms with Crippen LogP contribution in [0.1, 0.15) is 141 Å². The number of aliphatic carboxylic acids is 1. The second-order valence-corrected chi connectivity index (χ2v) is 9.34. The third kappa shape index (κ3) is 26.2. The molecular formula is C24H47IO2. The van der Waals surface area contributed by atoms with Crippen molar-refractivity contribution in [3.8, 4) is 0 Å². The van der Waals surface area contributed by atoms with Crippen molar-refractivity contribution in [1.29, 1.82) is 0 Å². The first-order valence-electron chi connectivity index (χ1n) is 12.0. The molecule has 0 unspecified atom stereocenters. The maximum Gasteiger partial charge on any atom is 0.303 e. The highest BCUT2D eigenvalue weighted by Gasteiger charge is 1.97. The van der Waals surface area contributed by atoms with Crippen LogP contribution in [0.2, 0.25) is 0 Å². The first-order valence-corrected chi connectivity index (χ1v) is 13.6. The Morgan fingerprint density at radius 1 is 0.444 bits per heavy atom.